The number of rotatable bonds is 7. The van der Waals surface area contributed by atoms with Gasteiger partial charge in [0.05, 0.1) is 36.4 Å². The summed E-state index contributed by atoms with van der Waals surface area (Å²) in [7, 11) is 3.21. The number of carbonyl (C=O) groups is 2. The molecular formula is C34H33BrN2O5. The van der Waals surface area contributed by atoms with E-state index in [1.165, 1.54) is 0 Å². The lowest BCUT2D eigenvalue weighted by atomic mass is 9.51. The van der Waals surface area contributed by atoms with E-state index in [9.17, 15) is 14.7 Å². The number of halogens is 1. The van der Waals surface area contributed by atoms with Gasteiger partial charge in [-0.05, 0) is 74.9 Å². The maximum atomic E-state index is 14.6. The number of hydrogen-bond acceptors (Lipinski definition) is 5. The molecule has 3 aliphatic rings. The molecule has 4 aromatic rings. The van der Waals surface area contributed by atoms with Crippen molar-refractivity contribution in [2.24, 2.45) is 5.41 Å². The van der Waals surface area contributed by atoms with Gasteiger partial charge in [0, 0.05) is 32.4 Å². The third-order valence-electron chi connectivity index (χ3n) is 9.46. The highest BCUT2D eigenvalue weighted by atomic mass is 79.9. The second kappa shape index (κ2) is 10.7. The molecule has 42 heavy (non-hydrogen) atoms. The van der Waals surface area contributed by atoms with Crippen molar-refractivity contribution in [1.29, 1.82) is 0 Å². The van der Waals surface area contributed by atoms with E-state index in [4.69, 9.17) is 14.5 Å². The Bertz CT molecular complexity index is 1670. The summed E-state index contributed by atoms with van der Waals surface area (Å²) in [6.45, 7) is 1.94. The van der Waals surface area contributed by atoms with Gasteiger partial charge in [-0.15, -0.1) is 0 Å². The molecule has 7 nitrogen and oxygen atoms in total. The Morgan fingerprint density at radius 3 is 2.24 bits per heavy atom. The average molecular weight is 630 g/mol. The van der Waals surface area contributed by atoms with Crippen LogP contribution in [-0.2, 0) is 4.79 Å². The van der Waals surface area contributed by atoms with Crippen LogP contribution in [0.25, 0.3) is 22.2 Å². The van der Waals surface area contributed by atoms with Gasteiger partial charge in [-0.3, -0.25) is 9.59 Å². The van der Waals surface area contributed by atoms with Gasteiger partial charge in [0.2, 0.25) is 0 Å². The topological polar surface area (TPSA) is 97.8 Å². The quantitative estimate of drug-likeness (QED) is 0.223. The molecule has 3 saturated carbocycles. The second-order valence-corrected chi connectivity index (χ2v) is 12.4. The molecule has 1 atom stereocenters. The summed E-state index contributed by atoms with van der Waals surface area (Å²) in [5, 5.41) is 14.6. The van der Waals surface area contributed by atoms with Gasteiger partial charge < -0.3 is 19.9 Å². The highest BCUT2D eigenvalue weighted by Gasteiger charge is 2.59. The fraction of sp³-hybridized carbons (Fsp3) is 0.324. The van der Waals surface area contributed by atoms with E-state index < -0.39 is 16.9 Å². The van der Waals surface area contributed by atoms with Crippen molar-refractivity contribution < 1.29 is 24.2 Å². The van der Waals surface area contributed by atoms with Gasteiger partial charge >= 0.3 is 5.97 Å². The Morgan fingerprint density at radius 2 is 1.62 bits per heavy atom. The number of carboxylic acid groups (broad SMARTS) is 1. The van der Waals surface area contributed by atoms with Crippen molar-refractivity contribution in [3.8, 4) is 22.8 Å². The lowest BCUT2D eigenvalue weighted by Gasteiger charge is -2.56. The summed E-state index contributed by atoms with van der Waals surface area (Å²) in [5.74, 6) is -0.0447. The Morgan fingerprint density at radius 1 is 0.952 bits per heavy atom. The standard InChI is InChI=1S/C34H33BrN2O5/c1-20-28(23-18-22(35)12-13-25(23)36-30(20)21-8-5-4-6-9-21)31(38)37-34-16-14-33(15-17-34,32(39)40)19-24(34)29-26(41-2)10-7-11-27(29)42-3/h4-13,18,24H,14-17,19H2,1-3H3,(H,37,38)(H,39,40)/t24-,33?,34?/m0/s1. The molecule has 0 radical (unpaired) electrons. The van der Waals surface area contributed by atoms with Crippen LogP contribution in [0.4, 0.5) is 0 Å². The first-order valence-corrected chi connectivity index (χ1v) is 14.9. The van der Waals surface area contributed by atoms with Crippen molar-refractivity contribution in [1.82, 2.24) is 10.3 Å². The number of aliphatic carboxylic acids is 1. The number of benzene rings is 3. The Labute approximate surface area is 253 Å². The minimum atomic E-state index is -0.854. The summed E-state index contributed by atoms with van der Waals surface area (Å²) in [6.07, 6.45) is 2.44. The van der Waals surface area contributed by atoms with E-state index >= 15 is 0 Å². The molecule has 2 bridgehead atoms. The molecular weight excluding hydrogens is 596 g/mol. The number of nitrogens with one attached hydrogen (secondary N) is 1. The molecule has 7 rings (SSSR count). The van der Waals surface area contributed by atoms with Gasteiger partial charge in [-0.1, -0.05) is 52.3 Å². The van der Waals surface area contributed by atoms with E-state index in [-0.39, 0.29) is 11.8 Å². The first kappa shape index (κ1) is 28.2. The van der Waals surface area contributed by atoms with Gasteiger partial charge in [-0.25, -0.2) is 4.98 Å². The third-order valence-corrected chi connectivity index (χ3v) is 9.95. The third kappa shape index (κ3) is 4.53. The molecule has 2 N–H and O–H groups in total. The van der Waals surface area contributed by atoms with E-state index in [1.54, 1.807) is 14.2 Å². The molecule has 1 amide bonds. The zero-order valence-electron chi connectivity index (χ0n) is 23.9. The Kier molecular flexibility index (Phi) is 7.21. The lowest BCUT2D eigenvalue weighted by Crippen LogP contribution is -2.62. The highest BCUT2D eigenvalue weighted by molar-refractivity contribution is 9.10. The maximum absolute atomic E-state index is 14.6. The molecule has 0 aliphatic heterocycles. The van der Waals surface area contributed by atoms with Gasteiger partial charge in [0.25, 0.3) is 5.91 Å². The number of fused-ring (bicyclic) bond motifs is 4. The average Bonchev–Trinajstić information content (AvgIpc) is 3.01. The van der Waals surface area contributed by atoms with Gasteiger partial charge in [0.1, 0.15) is 11.5 Å². The molecule has 216 valence electrons. The van der Waals surface area contributed by atoms with Crippen LogP contribution >= 0.6 is 15.9 Å². The van der Waals surface area contributed by atoms with Crippen molar-refractivity contribution in [3.63, 3.8) is 0 Å². The van der Waals surface area contributed by atoms with Crippen molar-refractivity contribution in [2.75, 3.05) is 14.2 Å². The van der Waals surface area contributed by atoms with E-state index in [2.05, 4.69) is 21.2 Å². The zero-order chi connectivity index (χ0) is 29.6. The minimum Gasteiger partial charge on any atom is -0.496 e. The molecule has 0 saturated heterocycles. The number of hydrogen-bond donors (Lipinski definition) is 2. The Balaban J connectivity index is 1.50. The van der Waals surface area contributed by atoms with Gasteiger partial charge in [-0.2, -0.15) is 0 Å². The number of carbonyl (C=O) groups excluding carboxylic acids is 1. The summed E-state index contributed by atoms with van der Waals surface area (Å²) in [5.41, 5.74) is 3.05. The predicted octanol–water partition coefficient (Wildman–Crippen LogP) is 7.29. The molecule has 3 aliphatic carbocycles. The van der Waals surface area contributed by atoms with E-state index in [1.807, 2.05) is 73.7 Å². The number of ether oxygens (including phenoxy) is 2. The van der Waals surface area contributed by atoms with Crippen molar-refractivity contribution in [2.45, 2.75) is 50.5 Å². The number of methoxy groups -OCH3 is 2. The summed E-state index contributed by atoms with van der Waals surface area (Å²) in [6, 6.07) is 21.3. The van der Waals surface area contributed by atoms with Crippen LogP contribution in [0.15, 0.2) is 71.2 Å². The molecule has 8 heteroatoms. The largest absolute Gasteiger partial charge is 0.496 e. The molecule has 0 spiro atoms. The fourth-order valence-electron chi connectivity index (χ4n) is 7.22. The first-order valence-electron chi connectivity index (χ1n) is 14.1. The summed E-state index contributed by atoms with van der Waals surface area (Å²) >= 11 is 3.58. The van der Waals surface area contributed by atoms with Gasteiger partial charge in [0.15, 0.2) is 0 Å². The van der Waals surface area contributed by atoms with Crippen LogP contribution in [0.5, 0.6) is 11.5 Å². The van der Waals surface area contributed by atoms with Crippen molar-refractivity contribution >= 4 is 38.7 Å². The first-order chi connectivity index (χ1) is 20.2. The van der Waals surface area contributed by atoms with Crippen LogP contribution in [-0.4, -0.2) is 41.7 Å². The highest BCUT2D eigenvalue weighted by Crippen LogP contribution is 2.61. The monoisotopic (exact) mass is 628 g/mol. The maximum Gasteiger partial charge on any atom is 0.309 e. The predicted molar refractivity (Wildman–Crippen MR) is 165 cm³/mol. The second-order valence-electron chi connectivity index (χ2n) is 11.5. The van der Waals surface area contributed by atoms with E-state index in [0.29, 0.717) is 49.2 Å². The smallest absolute Gasteiger partial charge is 0.309 e. The summed E-state index contributed by atoms with van der Waals surface area (Å²) in [4.78, 5) is 32.1. The lowest BCUT2D eigenvalue weighted by molar-refractivity contribution is -0.157. The number of nitrogens with zero attached hydrogens (tertiary/aromatic N) is 1. The van der Waals surface area contributed by atoms with Crippen LogP contribution in [0.3, 0.4) is 0 Å². The summed E-state index contributed by atoms with van der Waals surface area (Å²) < 4.78 is 12.4. The van der Waals surface area contributed by atoms with Crippen LogP contribution in [0, 0.1) is 12.3 Å². The number of pyridine rings is 1. The normalized spacial score (nSPS) is 23.0. The molecule has 1 heterocycles. The molecule has 0 unspecified atom stereocenters. The number of carboxylic acids is 1. The SMILES string of the molecule is COc1cccc(OC)c1[C@@H]1CC2(C(=O)O)CCC1(NC(=O)c1c(C)c(-c3ccccc3)nc3ccc(Br)cc13)CC2. The van der Waals surface area contributed by atoms with Crippen molar-refractivity contribution in [3.05, 3.63) is 87.9 Å². The number of amides is 1. The van der Waals surface area contributed by atoms with Crippen LogP contribution < -0.4 is 14.8 Å². The Hall–Kier alpha value is -3.91. The molecule has 3 aromatic carbocycles. The molecule has 3 fully saturated rings. The number of aromatic nitrogens is 1. The van der Waals surface area contributed by atoms with E-state index in [0.717, 1.165) is 37.8 Å². The minimum absolute atomic E-state index is 0.196. The fourth-order valence-corrected chi connectivity index (χ4v) is 7.58. The van der Waals surface area contributed by atoms with Crippen LogP contribution in [0.2, 0.25) is 0 Å². The zero-order valence-corrected chi connectivity index (χ0v) is 25.5. The molecule has 1 aromatic heterocycles. The van der Waals surface area contributed by atoms with Crippen LogP contribution in [0.1, 0.15) is 59.5 Å².